The zero-order valence-electron chi connectivity index (χ0n) is 16.9. The number of nitroso groups, excluding NO2 is 1. The minimum Gasteiger partial charge on any atom is -0.444 e. The van der Waals surface area contributed by atoms with Gasteiger partial charge in [0.1, 0.15) is 17.0 Å². The number of fused-ring (bicyclic) bond motifs is 1. The normalized spacial score (nSPS) is 13.4. The number of primary amides is 1. The summed E-state index contributed by atoms with van der Waals surface area (Å²) in [6, 6.07) is 3.06. The number of nitrogens with zero attached hydrogens (tertiary/aromatic N) is 2. The molecular formula is C20H21N5O4S2. The Bertz CT molecular complexity index is 1090. The lowest BCUT2D eigenvalue weighted by Gasteiger charge is -2.17. The van der Waals surface area contributed by atoms with Crippen molar-refractivity contribution < 1.29 is 14.3 Å². The van der Waals surface area contributed by atoms with Gasteiger partial charge < -0.3 is 21.2 Å². The third-order valence-electron chi connectivity index (χ3n) is 4.67. The average Bonchev–Trinajstić information content (AvgIpc) is 3.12. The van der Waals surface area contributed by atoms with E-state index in [4.69, 9.17) is 15.9 Å². The Labute approximate surface area is 188 Å². The number of ether oxygens (including phenoxy) is 1. The van der Waals surface area contributed by atoms with Gasteiger partial charge in [-0.05, 0) is 50.0 Å². The molecule has 2 amide bonds. The smallest absolute Gasteiger partial charge is 0.269 e. The van der Waals surface area contributed by atoms with Gasteiger partial charge in [-0.2, -0.15) is 4.91 Å². The highest BCUT2D eigenvalue weighted by Crippen LogP contribution is 2.47. The zero-order chi connectivity index (χ0) is 22.8. The summed E-state index contributed by atoms with van der Waals surface area (Å²) in [5.41, 5.74) is 6.92. The van der Waals surface area contributed by atoms with Gasteiger partial charge in [0.25, 0.3) is 11.8 Å². The number of carbonyl (C=O) groups excluding carboxylic acids is 2. The van der Waals surface area contributed by atoms with E-state index in [9.17, 15) is 14.5 Å². The summed E-state index contributed by atoms with van der Waals surface area (Å²) in [6.45, 7) is 3.31. The second-order valence-electron chi connectivity index (χ2n) is 7.52. The lowest BCUT2D eigenvalue weighted by molar-refractivity contribution is 0.0940. The fourth-order valence-electron chi connectivity index (χ4n) is 2.97. The molecule has 0 radical (unpaired) electrons. The summed E-state index contributed by atoms with van der Waals surface area (Å²) >= 11 is 5.65. The van der Waals surface area contributed by atoms with E-state index < -0.39 is 17.4 Å². The summed E-state index contributed by atoms with van der Waals surface area (Å²) in [6.07, 6.45) is 3.78. The Kier molecular flexibility index (Phi) is 6.56. The summed E-state index contributed by atoms with van der Waals surface area (Å²) < 4.78 is 5.94. The number of nitrogens with two attached hydrogens (primary N) is 1. The topological polar surface area (TPSA) is 148 Å². The van der Waals surface area contributed by atoms with Gasteiger partial charge in [-0.3, -0.25) is 9.59 Å². The summed E-state index contributed by atoms with van der Waals surface area (Å²) in [4.78, 5) is 39.9. The van der Waals surface area contributed by atoms with E-state index in [-0.39, 0.29) is 12.2 Å². The number of hydrogen-bond donors (Lipinski definition) is 4. The van der Waals surface area contributed by atoms with Crippen LogP contribution in [0.2, 0.25) is 0 Å². The van der Waals surface area contributed by atoms with Gasteiger partial charge in [-0.15, -0.1) is 12.6 Å². The van der Waals surface area contributed by atoms with Crippen LogP contribution in [0.5, 0.6) is 10.8 Å². The lowest BCUT2D eigenvalue weighted by Crippen LogP contribution is -2.37. The Balaban J connectivity index is 1.83. The lowest BCUT2D eigenvalue weighted by atomic mass is 9.93. The SMILES string of the molecule is CC(C)(CNC(=O)c1ccc(Oc2sc(C(N)=O)c3c2C(S)=C(C=N)CC3)cn1)N=O. The molecule has 31 heavy (non-hydrogen) atoms. The first-order valence-electron chi connectivity index (χ1n) is 9.32. The maximum atomic E-state index is 12.2. The Morgan fingerprint density at radius 3 is 2.74 bits per heavy atom. The number of carbonyl (C=O) groups is 2. The number of nitrogens with one attached hydrogen (secondary N) is 2. The minimum absolute atomic E-state index is 0.0822. The van der Waals surface area contributed by atoms with Gasteiger partial charge in [0.2, 0.25) is 0 Å². The molecule has 162 valence electrons. The number of amides is 2. The monoisotopic (exact) mass is 459 g/mol. The van der Waals surface area contributed by atoms with E-state index >= 15 is 0 Å². The minimum atomic E-state index is -0.914. The number of rotatable bonds is 8. The molecule has 4 N–H and O–H groups in total. The van der Waals surface area contributed by atoms with Gasteiger partial charge in [0.15, 0.2) is 5.06 Å². The predicted octanol–water partition coefficient (Wildman–Crippen LogP) is 3.55. The molecule has 3 rings (SSSR count). The molecule has 2 heterocycles. The van der Waals surface area contributed by atoms with Crippen molar-refractivity contribution in [3.8, 4) is 10.8 Å². The van der Waals surface area contributed by atoms with Gasteiger partial charge in [0, 0.05) is 23.2 Å². The fraction of sp³-hybridized carbons (Fsp3) is 0.300. The average molecular weight is 460 g/mol. The maximum absolute atomic E-state index is 12.2. The number of allylic oxidation sites excluding steroid dienone is 1. The summed E-state index contributed by atoms with van der Waals surface area (Å²) in [5.74, 6) is -0.632. The number of thiophene rings is 1. The van der Waals surface area contributed by atoms with E-state index in [1.165, 1.54) is 18.5 Å². The molecular weight excluding hydrogens is 438 g/mol. The van der Waals surface area contributed by atoms with Crippen molar-refractivity contribution in [2.75, 3.05) is 6.54 Å². The molecule has 0 atom stereocenters. The summed E-state index contributed by atoms with van der Waals surface area (Å²) in [7, 11) is 0. The van der Waals surface area contributed by atoms with Crippen molar-refractivity contribution in [1.82, 2.24) is 10.3 Å². The highest BCUT2D eigenvalue weighted by molar-refractivity contribution is 7.90. The van der Waals surface area contributed by atoms with Crippen LogP contribution in [-0.4, -0.2) is 35.1 Å². The molecule has 0 spiro atoms. The summed E-state index contributed by atoms with van der Waals surface area (Å²) in [5, 5.41) is 13.6. The second kappa shape index (κ2) is 8.98. The van der Waals surface area contributed by atoms with Crippen LogP contribution in [0.25, 0.3) is 4.91 Å². The van der Waals surface area contributed by atoms with Crippen molar-refractivity contribution in [2.45, 2.75) is 32.2 Å². The van der Waals surface area contributed by atoms with Crippen LogP contribution < -0.4 is 15.8 Å². The van der Waals surface area contributed by atoms with Crippen LogP contribution in [-0.2, 0) is 6.42 Å². The largest absolute Gasteiger partial charge is 0.444 e. The number of hydrogen-bond acceptors (Lipinski definition) is 9. The molecule has 0 fully saturated rings. The second-order valence-corrected chi connectivity index (χ2v) is 8.95. The van der Waals surface area contributed by atoms with Crippen molar-refractivity contribution in [3.05, 3.63) is 50.5 Å². The van der Waals surface area contributed by atoms with E-state index in [0.717, 1.165) is 22.5 Å². The molecule has 2 aromatic rings. The molecule has 0 unspecified atom stereocenters. The van der Waals surface area contributed by atoms with E-state index in [1.807, 2.05) is 0 Å². The first kappa shape index (κ1) is 22.6. The molecule has 11 heteroatoms. The Morgan fingerprint density at radius 1 is 1.42 bits per heavy atom. The number of aromatic nitrogens is 1. The maximum Gasteiger partial charge on any atom is 0.269 e. The van der Waals surface area contributed by atoms with Crippen molar-refractivity contribution >= 4 is 46.9 Å². The van der Waals surface area contributed by atoms with Crippen LogP contribution in [0.1, 0.15) is 51.6 Å². The van der Waals surface area contributed by atoms with Crippen LogP contribution >= 0.6 is 24.0 Å². The standard InChI is InChI=1S/C20H21N5O4S2/c1-20(2,25-28)9-24-18(27)13-6-4-11(8-23-13)29-19-14-12(16(31-19)17(22)26)5-3-10(7-21)15(14)30/h4,6-8,21,30H,3,5,9H2,1-2H3,(H2,22,26)(H,24,27). The fourth-order valence-corrected chi connectivity index (χ4v) is 4.54. The van der Waals surface area contributed by atoms with Crippen molar-refractivity contribution in [3.63, 3.8) is 0 Å². The molecule has 0 aromatic carbocycles. The first-order valence-corrected chi connectivity index (χ1v) is 10.6. The molecule has 0 saturated heterocycles. The highest BCUT2D eigenvalue weighted by atomic mass is 32.1. The van der Waals surface area contributed by atoms with Crippen LogP contribution in [0.4, 0.5) is 0 Å². The van der Waals surface area contributed by atoms with E-state index in [0.29, 0.717) is 39.0 Å². The first-order chi connectivity index (χ1) is 14.7. The third kappa shape index (κ3) is 4.83. The Morgan fingerprint density at radius 2 is 2.16 bits per heavy atom. The van der Waals surface area contributed by atoms with Crippen LogP contribution in [0.3, 0.4) is 0 Å². The van der Waals surface area contributed by atoms with Crippen molar-refractivity contribution in [2.24, 2.45) is 10.9 Å². The van der Waals surface area contributed by atoms with Gasteiger partial charge in [-0.25, -0.2) is 4.98 Å². The van der Waals surface area contributed by atoms with Gasteiger partial charge in [0.05, 0.1) is 11.1 Å². The number of thiol groups is 1. The van der Waals surface area contributed by atoms with Gasteiger partial charge in [-0.1, -0.05) is 16.5 Å². The number of pyridine rings is 1. The van der Waals surface area contributed by atoms with Crippen molar-refractivity contribution in [1.29, 1.82) is 5.41 Å². The zero-order valence-corrected chi connectivity index (χ0v) is 18.6. The van der Waals surface area contributed by atoms with E-state index in [2.05, 4.69) is 28.1 Å². The Hall–Kier alpha value is -3.05. The molecule has 9 nitrogen and oxygen atoms in total. The molecule has 1 aliphatic rings. The van der Waals surface area contributed by atoms with Crippen LogP contribution in [0.15, 0.2) is 29.1 Å². The molecule has 0 saturated carbocycles. The molecule has 2 aromatic heterocycles. The third-order valence-corrected chi connectivity index (χ3v) is 6.30. The van der Waals surface area contributed by atoms with Gasteiger partial charge >= 0.3 is 0 Å². The van der Waals surface area contributed by atoms with E-state index in [1.54, 1.807) is 19.9 Å². The quantitative estimate of drug-likeness (QED) is 0.271. The molecule has 0 aliphatic heterocycles. The highest BCUT2D eigenvalue weighted by Gasteiger charge is 2.28. The van der Waals surface area contributed by atoms with Crippen LogP contribution in [0, 0.1) is 10.3 Å². The predicted molar refractivity (Wildman–Crippen MR) is 122 cm³/mol. The molecule has 0 bridgehead atoms. The molecule has 1 aliphatic carbocycles.